The van der Waals surface area contributed by atoms with Crippen LogP contribution in [0.5, 0.6) is 23.0 Å². The first-order chi connectivity index (χ1) is 15.1. The number of methoxy groups -OCH3 is 2. The van der Waals surface area contributed by atoms with Gasteiger partial charge in [0.1, 0.15) is 11.5 Å². The fourth-order valence-corrected chi connectivity index (χ4v) is 3.39. The third-order valence-corrected chi connectivity index (χ3v) is 4.97. The molecule has 8 nitrogen and oxygen atoms in total. The fraction of sp³-hybridized carbons (Fsp3) is 0.217. The van der Waals surface area contributed by atoms with E-state index in [1.807, 2.05) is 12.1 Å². The third kappa shape index (κ3) is 4.32. The van der Waals surface area contributed by atoms with Crippen molar-refractivity contribution in [3.8, 4) is 23.0 Å². The topological polar surface area (TPSA) is 98.9 Å². The second-order valence-corrected chi connectivity index (χ2v) is 6.87. The summed E-state index contributed by atoms with van der Waals surface area (Å²) in [6.07, 6.45) is 3.50. The van der Waals surface area contributed by atoms with Gasteiger partial charge in [-0.3, -0.25) is 9.59 Å². The maximum absolute atomic E-state index is 12.5. The summed E-state index contributed by atoms with van der Waals surface area (Å²) >= 11 is 0. The van der Waals surface area contributed by atoms with Crippen LogP contribution in [0.3, 0.4) is 0 Å². The first-order valence-corrected chi connectivity index (χ1v) is 9.71. The van der Waals surface area contributed by atoms with Crippen LogP contribution in [0.4, 0.5) is 0 Å². The fourth-order valence-electron chi connectivity index (χ4n) is 3.39. The van der Waals surface area contributed by atoms with Gasteiger partial charge in [-0.2, -0.15) is 0 Å². The van der Waals surface area contributed by atoms with Gasteiger partial charge in [0.15, 0.2) is 11.5 Å². The van der Waals surface area contributed by atoms with E-state index in [4.69, 9.17) is 18.9 Å². The highest BCUT2D eigenvalue weighted by Gasteiger charge is 2.13. The molecule has 2 aromatic carbocycles. The summed E-state index contributed by atoms with van der Waals surface area (Å²) in [6.45, 7) is 0.515. The SMILES string of the molecule is COc1ccc(OC)c2[nH]c(=O)c(CCNC(=O)/C=C\c3ccc4c(c3)OCO4)cc12. The number of ether oxygens (including phenoxy) is 4. The summed E-state index contributed by atoms with van der Waals surface area (Å²) in [4.78, 5) is 27.5. The van der Waals surface area contributed by atoms with Crippen molar-refractivity contribution in [2.24, 2.45) is 0 Å². The molecule has 0 bridgehead atoms. The first-order valence-electron chi connectivity index (χ1n) is 9.71. The molecule has 31 heavy (non-hydrogen) atoms. The highest BCUT2D eigenvalue weighted by Crippen LogP contribution is 2.33. The van der Waals surface area contributed by atoms with Gasteiger partial charge in [-0.25, -0.2) is 0 Å². The van der Waals surface area contributed by atoms with Crippen LogP contribution >= 0.6 is 0 Å². The van der Waals surface area contributed by atoms with Crippen LogP contribution in [0.1, 0.15) is 11.1 Å². The second-order valence-electron chi connectivity index (χ2n) is 6.87. The van der Waals surface area contributed by atoms with Crippen molar-refractivity contribution >= 4 is 22.9 Å². The van der Waals surface area contributed by atoms with Gasteiger partial charge in [0.05, 0.1) is 19.7 Å². The number of rotatable bonds is 7. The number of carbonyl (C=O) groups excluding carboxylic acids is 1. The van der Waals surface area contributed by atoms with E-state index >= 15 is 0 Å². The van der Waals surface area contributed by atoms with Gasteiger partial charge in [0, 0.05) is 23.6 Å². The van der Waals surface area contributed by atoms with E-state index in [0.717, 1.165) is 10.9 Å². The Bertz CT molecular complexity index is 1210. The molecule has 0 saturated carbocycles. The van der Waals surface area contributed by atoms with E-state index in [9.17, 15) is 9.59 Å². The number of benzene rings is 2. The minimum atomic E-state index is -0.255. The lowest BCUT2D eigenvalue weighted by atomic mass is 10.1. The van der Waals surface area contributed by atoms with E-state index in [2.05, 4.69) is 10.3 Å². The lowest BCUT2D eigenvalue weighted by molar-refractivity contribution is -0.116. The zero-order chi connectivity index (χ0) is 21.8. The standard InChI is InChI=1S/C23H22N2O6/c1-28-17-6-7-19(29-2)22-16(17)12-15(23(27)25-22)9-10-24-21(26)8-4-14-3-5-18-20(11-14)31-13-30-18/h3-8,11-12H,9-10,13H2,1-2H3,(H,24,26)(H,25,27)/b8-4-. The lowest BCUT2D eigenvalue weighted by Gasteiger charge is -2.11. The zero-order valence-corrected chi connectivity index (χ0v) is 17.2. The smallest absolute Gasteiger partial charge is 0.251 e. The molecule has 2 N–H and O–H groups in total. The van der Waals surface area contributed by atoms with Gasteiger partial charge in [0.25, 0.3) is 5.56 Å². The Morgan fingerprint density at radius 3 is 2.68 bits per heavy atom. The Kier molecular flexibility index (Phi) is 5.79. The highest BCUT2D eigenvalue weighted by atomic mass is 16.7. The van der Waals surface area contributed by atoms with E-state index in [1.165, 1.54) is 6.08 Å². The number of H-pyrrole nitrogens is 1. The van der Waals surface area contributed by atoms with Crippen molar-refractivity contribution in [1.29, 1.82) is 0 Å². The van der Waals surface area contributed by atoms with Crippen LogP contribution in [0.25, 0.3) is 17.0 Å². The number of hydrogen-bond donors (Lipinski definition) is 2. The Hall–Kier alpha value is -3.94. The van der Waals surface area contributed by atoms with Crippen LogP contribution in [0, 0.1) is 0 Å². The quantitative estimate of drug-likeness (QED) is 0.568. The van der Waals surface area contributed by atoms with Gasteiger partial charge >= 0.3 is 0 Å². The average Bonchev–Trinajstić information content (AvgIpc) is 3.25. The maximum Gasteiger partial charge on any atom is 0.251 e. The van der Waals surface area contributed by atoms with Crippen LogP contribution in [0.2, 0.25) is 0 Å². The molecule has 160 valence electrons. The van der Waals surface area contributed by atoms with Gasteiger partial charge in [-0.1, -0.05) is 6.07 Å². The molecule has 4 rings (SSSR count). The summed E-state index contributed by atoms with van der Waals surface area (Å²) < 4.78 is 21.3. The van der Waals surface area contributed by atoms with Crippen molar-refractivity contribution in [2.75, 3.05) is 27.6 Å². The number of hydrogen-bond acceptors (Lipinski definition) is 6. The van der Waals surface area contributed by atoms with Gasteiger partial charge in [-0.15, -0.1) is 0 Å². The monoisotopic (exact) mass is 422 g/mol. The van der Waals surface area contributed by atoms with E-state index < -0.39 is 0 Å². The van der Waals surface area contributed by atoms with Crippen LogP contribution in [-0.4, -0.2) is 38.4 Å². The van der Waals surface area contributed by atoms with Crippen molar-refractivity contribution in [2.45, 2.75) is 6.42 Å². The molecular weight excluding hydrogens is 400 g/mol. The predicted molar refractivity (Wildman–Crippen MR) is 116 cm³/mol. The van der Waals surface area contributed by atoms with Crippen LogP contribution in [0.15, 0.2) is 47.3 Å². The number of carbonyl (C=O) groups is 1. The van der Waals surface area contributed by atoms with Gasteiger partial charge in [-0.05, 0) is 48.4 Å². The number of amides is 1. The molecule has 1 aliphatic heterocycles. The summed E-state index contributed by atoms with van der Waals surface area (Å²) in [5, 5.41) is 3.53. The maximum atomic E-state index is 12.5. The molecule has 1 amide bonds. The molecule has 2 heterocycles. The van der Waals surface area contributed by atoms with Crippen LogP contribution in [-0.2, 0) is 11.2 Å². The largest absolute Gasteiger partial charge is 0.496 e. The van der Waals surface area contributed by atoms with E-state index in [1.54, 1.807) is 44.6 Å². The third-order valence-electron chi connectivity index (χ3n) is 4.97. The summed E-state index contributed by atoms with van der Waals surface area (Å²) in [6, 6.07) is 10.7. The molecule has 0 radical (unpaired) electrons. The predicted octanol–water partition coefficient (Wildman–Crippen LogP) is 2.65. The summed E-state index contributed by atoms with van der Waals surface area (Å²) in [5.74, 6) is 2.28. The number of nitrogens with one attached hydrogen (secondary N) is 2. The molecule has 8 heteroatoms. The zero-order valence-electron chi connectivity index (χ0n) is 17.2. The Labute approximate surface area is 178 Å². The van der Waals surface area contributed by atoms with Crippen molar-refractivity contribution in [1.82, 2.24) is 10.3 Å². The summed E-state index contributed by atoms with van der Waals surface area (Å²) in [5.41, 5.74) is 1.71. The van der Waals surface area contributed by atoms with Crippen LogP contribution < -0.4 is 29.8 Å². The number of fused-ring (bicyclic) bond motifs is 2. The average molecular weight is 422 g/mol. The van der Waals surface area contributed by atoms with Gasteiger partial charge < -0.3 is 29.2 Å². The molecule has 0 atom stereocenters. The Balaban J connectivity index is 1.41. The molecule has 0 spiro atoms. The Morgan fingerprint density at radius 2 is 1.87 bits per heavy atom. The Morgan fingerprint density at radius 1 is 1.10 bits per heavy atom. The minimum absolute atomic E-state index is 0.204. The first kappa shape index (κ1) is 20.3. The highest BCUT2D eigenvalue weighted by molar-refractivity contribution is 5.92. The molecule has 1 aliphatic rings. The van der Waals surface area contributed by atoms with E-state index in [0.29, 0.717) is 47.0 Å². The molecule has 0 unspecified atom stereocenters. The molecule has 0 saturated heterocycles. The van der Waals surface area contributed by atoms with Crippen molar-refractivity contribution in [3.63, 3.8) is 0 Å². The molecule has 1 aromatic heterocycles. The molecular formula is C23H22N2O6. The van der Waals surface area contributed by atoms with Crippen molar-refractivity contribution < 1.29 is 23.7 Å². The summed E-state index contributed by atoms with van der Waals surface area (Å²) in [7, 11) is 3.11. The molecule has 3 aromatic rings. The van der Waals surface area contributed by atoms with Crippen molar-refractivity contribution in [3.05, 3.63) is 64.0 Å². The minimum Gasteiger partial charge on any atom is -0.496 e. The second kappa shape index (κ2) is 8.83. The molecule has 0 aliphatic carbocycles. The number of aromatic nitrogens is 1. The van der Waals surface area contributed by atoms with Gasteiger partial charge in [0.2, 0.25) is 12.7 Å². The van der Waals surface area contributed by atoms with E-state index in [-0.39, 0.29) is 18.3 Å². The lowest BCUT2D eigenvalue weighted by Crippen LogP contribution is -2.25. The molecule has 0 fully saturated rings. The number of aromatic amines is 1. The number of pyridine rings is 1. The normalized spacial score (nSPS) is 12.3.